The van der Waals surface area contributed by atoms with Crippen LogP contribution in [0.15, 0.2) is 18.2 Å². The first kappa shape index (κ1) is 26.0. The Labute approximate surface area is 193 Å². The first-order valence-corrected chi connectivity index (χ1v) is 11.7. The number of nitrogens with one attached hydrogen (secondary N) is 1. The lowest BCUT2D eigenvalue weighted by Crippen LogP contribution is -2.63. The van der Waals surface area contributed by atoms with E-state index in [2.05, 4.69) is 38.2 Å². The number of amides is 1. The minimum absolute atomic E-state index is 0.185. The van der Waals surface area contributed by atoms with Gasteiger partial charge in [0.25, 0.3) is 0 Å². The molecule has 1 aromatic rings. The molecule has 0 saturated heterocycles. The third kappa shape index (κ3) is 6.17. The largest absolute Gasteiger partial charge is 0.486 e. The van der Waals surface area contributed by atoms with Crippen LogP contribution < -0.4 is 10.1 Å². The summed E-state index contributed by atoms with van der Waals surface area (Å²) < 4.78 is 12.0. The smallest absolute Gasteiger partial charge is 0.408 e. The summed E-state index contributed by atoms with van der Waals surface area (Å²) >= 11 is 0. The van der Waals surface area contributed by atoms with Crippen molar-refractivity contribution >= 4 is 12.1 Å². The summed E-state index contributed by atoms with van der Waals surface area (Å²) in [5.74, 6) is 0.559. The van der Waals surface area contributed by atoms with Crippen molar-refractivity contribution in [3.8, 4) is 5.75 Å². The molecule has 0 heterocycles. The summed E-state index contributed by atoms with van der Waals surface area (Å²) in [7, 11) is 0. The molecule has 32 heavy (non-hydrogen) atoms. The Hall–Kier alpha value is -2.24. The Kier molecular flexibility index (Phi) is 7.90. The van der Waals surface area contributed by atoms with Crippen molar-refractivity contribution < 1.29 is 24.2 Å². The van der Waals surface area contributed by atoms with Crippen molar-refractivity contribution in [1.82, 2.24) is 5.32 Å². The van der Waals surface area contributed by atoms with Crippen LogP contribution in [-0.2, 0) is 9.53 Å². The van der Waals surface area contributed by atoms with Gasteiger partial charge in [0.05, 0.1) is 0 Å². The molecule has 1 fully saturated rings. The van der Waals surface area contributed by atoms with Crippen molar-refractivity contribution in [2.45, 2.75) is 104 Å². The Morgan fingerprint density at radius 3 is 2.03 bits per heavy atom. The number of carbonyl (C=O) groups excluding carboxylic acids is 1. The lowest BCUT2D eigenvalue weighted by Gasteiger charge is -2.38. The van der Waals surface area contributed by atoms with E-state index in [1.54, 1.807) is 20.8 Å². The van der Waals surface area contributed by atoms with Gasteiger partial charge in [-0.25, -0.2) is 9.59 Å². The second-order valence-electron chi connectivity index (χ2n) is 11.0. The van der Waals surface area contributed by atoms with Crippen LogP contribution >= 0.6 is 0 Å². The second-order valence-corrected chi connectivity index (χ2v) is 11.0. The fourth-order valence-electron chi connectivity index (χ4n) is 4.18. The maximum Gasteiger partial charge on any atom is 0.408 e. The number of hydrogen-bond acceptors (Lipinski definition) is 4. The highest BCUT2D eigenvalue weighted by atomic mass is 16.6. The van der Waals surface area contributed by atoms with E-state index >= 15 is 0 Å². The number of hydrogen-bond donors (Lipinski definition) is 2. The highest BCUT2D eigenvalue weighted by Gasteiger charge is 2.48. The number of carbonyl (C=O) groups is 2. The van der Waals surface area contributed by atoms with E-state index in [0.29, 0.717) is 11.8 Å². The van der Waals surface area contributed by atoms with Gasteiger partial charge in [0.1, 0.15) is 17.5 Å². The van der Waals surface area contributed by atoms with Crippen LogP contribution in [0.4, 0.5) is 4.79 Å². The molecular formula is C26H41NO5. The summed E-state index contributed by atoms with van der Waals surface area (Å²) in [5.41, 5.74) is -0.268. The normalized spacial score (nSPS) is 18.1. The SMILES string of the molecule is CC(C)c1cccc([C@H](C)C2CC2)c1OC(C(C)C)[C@](C)(NC(=O)OC(C)(C)C)C(=O)O. The highest BCUT2D eigenvalue weighted by molar-refractivity contribution is 5.85. The molecule has 0 spiro atoms. The van der Waals surface area contributed by atoms with E-state index in [1.165, 1.54) is 19.8 Å². The zero-order valence-electron chi connectivity index (χ0n) is 21.1. The van der Waals surface area contributed by atoms with Crippen LogP contribution in [0.5, 0.6) is 5.75 Å². The average molecular weight is 448 g/mol. The standard InChI is InChI=1S/C26H41NO5/c1-15(2)19-11-10-12-20(17(5)18-13-14-18)21(19)31-22(16(3)4)26(9,23(28)29)27-24(30)32-25(6,7)8/h10-12,15-18,22H,13-14H2,1-9H3,(H,27,30)(H,28,29)/t17-,22?,26+/m1/s1. The minimum Gasteiger partial charge on any atom is -0.486 e. The van der Waals surface area contributed by atoms with Crippen molar-refractivity contribution in [2.24, 2.45) is 11.8 Å². The minimum atomic E-state index is -1.68. The molecule has 180 valence electrons. The molecule has 6 heteroatoms. The zero-order chi connectivity index (χ0) is 24.4. The molecule has 3 atom stereocenters. The lowest BCUT2D eigenvalue weighted by atomic mass is 9.85. The summed E-state index contributed by atoms with van der Waals surface area (Å²) in [6.07, 6.45) is 0.818. The van der Waals surface area contributed by atoms with Gasteiger partial charge in [0, 0.05) is 0 Å². The van der Waals surface area contributed by atoms with Crippen LogP contribution in [0.25, 0.3) is 0 Å². The fraction of sp³-hybridized carbons (Fsp3) is 0.692. The predicted octanol–water partition coefficient (Wildman–Crippen LogP) is 6.09. The third-order valence-corrected chi connectivity index (χ3v) is 6.14. The first-order chi connectivity index (χ1) is 14.7. The second kappa shape index (κ2) is 9.72. The zero-order valence-corrected chi connectivity index (χ0v) is 21.1. The maximum absolute atomic E-state index is 12.6. The Morgan fingerprint density at radius 2 is 1.59 bits per heavy atom. The van der Waals surface area contributed by atoms with Gasteiger partial charge in [0.15, 0.2) is 5.54 Å². The van der Waals surface area contributed by atoms with Crippen LogP contribution in [0.2, 0.25) is 0 Å². The van der Waals surface area contributed by atoms with Crippen molar-refractivity contribution in [2.75, 3.05) is 0 Å². The third-order valence-electron chi connectivity index (χ3n) is 6.14. The molecule has 1 saturated carbocycles. The number of alkyl carbamates (subject to hydrolysis) is 1. The van der Waals surface area contributed by atoms with Crippen LogP contribution in [0, 0.1) is 11.8 Å². The molecule has 0 aromatic heterocycles. The molecule has 2 N–H and O–H groups in total. The fourth-order valence-corrected chi connectivity index (χ4v) is 4.18. The van der Waals surface area contributed by atoms with Gasteiger partial charge in [0.2, 0.25) is 0 Å². The van der Waals surface area contributed by atoms with Crippen LogP contribution in [0.3, 0.4) is 0 Å². The molecule has 6 nitrogen and oxygen atoms in total. The van der Waals surface area contributed by atoms with Gasteiger partial charge in [-0.3, -0.25) is 0 Å². The molecule has 0 aliphatic heterocycles. The van der Waals surface area contributed by atoms with Gasteiger partial charge in [-0.1, -0.05) is 52.8 Å². The van der Waals surface area contributed by atoms with E-state index in [0.717, 1.165) is 16.9 Å². The van der Waals surface area contributed by atoms with E-state index in [1.807, 2.05) is 19.9 Å². The molecule has 1 amide bonds. The van der Waals surface area contributed by atoms with E-state index < -0.39 is 29.3 Å². The van der Waals surface area contributed by atoms with E-state index in [9.17, 15) is 14.7 Å². The summed E-state index contributed by atoms with van der Waals surface area (Å²) in [4.78, 5) is 25.0. The van der Waals surface area contributed by atoms with Gasteiger partial charge < -0.3 is 19.9 Å². The lowest BCUT2D eigenvalue weighted by molar-refractivity contribution is -0.149. The average Bonchev–Trinajstić information content (AvgIpc) is 3.48. The number of ether oxygens (including phenoxy) is 2. The van der Waals surface area contributed by atoms with Crippen LogP contribution in [0.1, 0.15) is 98.1 Å². The van der Waals surface area contributed by atoms with Crippen LogP contribution in [-0.4, -0.2) is 34.4 Å². The van der Waals surface area contributed by atoms with E-state index in [-0.39, 0.29) is 11.8 Å². The molecule has 1 aliphatic rings. The molecule has 1 aromatic carbocycles. The van der Waals surface area contributed by atoms with Gasteiger partial charge in [-0.05, 0) is 75.3 Å². The number of aliphatic carboxylic acids is 1. The Balaban J connectivity index is 2.49. The summed E-state index contributed by atoms with van der Waals surface area (Å²) in [6, 6.07) is 6.18. The highest BCUT2D eigenvalue weighted by Crippen LogP contribution is 2.47. The number of rotatable bonds is 9. The van der Waals surface area contributed by atoms with Crippen molar-refractivity contribution in [3.63, 3.8) is 0 Å². The Morgan fingerprint density at radius 1 is 1.03 bits per heavy atom. The molecule has 0 bridgehead atoms. The molecule has 0 radical (unpaired) electrons. The first-order valence-electron chi connectivity index (χ1n) is 11.7. The number of carboxylic acid groups (broad SMARTS) is 1. The number of carboxylic acids is 1. The molecular weight excluding hydrogens is 406 g/mol. The summed E-state index contributed by atoms with van der Waals surface area (Å²) in [6.45, 7) is 17.0. The quantitative estimate of drug-likeness (QED) is 0.478. The maximum atomic E-state index is 12.6. The monoisotopic (exact) mass is 447 g/mol. The number of benzene rings is 1. The Bertz CT molecular complexity index is 822. The number of para-hydroxylation sites is 1. The van der Waals surface area contributed by atoms with Gasteiger partial charge in [-0.15, -0.1) is 0 Å². The van der Waals surface area contributed by atoms with Gasteiger partial charge in [-0.2, -0.15) is 0 Å². The predicted molar refractivity (Wildman–Crippen MR) is 126 cm³/mol. The molecule has 2 rings (SSSR count). The van der Waals surface area contributed by atoms with Gasteiger partial charge >= 0.3 is 12.1 Å². The van der Waals surface area contributed by atoms with Crippen molar-refractivity contribution in [3.05, 3.63) is 29.3 Å². The van der Waals surface area contributed by atoms with Crippen molar-refractivity contribution in [1.29, 1.82) is 0 Å². The van der Waals surface area contributed by atoms with E-state index in [4.69, 9.17) is 9.47 Å². The molecule has 1 unspecified atom stereocenters. The molecule has 1 aliphatic carbocycles. The topological polar surface area (TPSA) is 84.9 Å². The summed E-state index contributed by atoms with van der Waals surface area (Å²) in [5, 5.41) is 12.8.